The third-order valence-electron chi connectivity index (χ3n) is 3.68. The van der Waals surface area contributed by atoms with Crippen LogP contribution in [-0.2, 0) is 5.41 Å². The van der Waals surface area contributed by atoms with E-state index in [1.54, 1.807) is 6.26 Å². The summed E-state index contributed by atoms with van der Waals surface area (Å²) in [7, 11) is 0. The molecule has 0 aliphatic heterocycles. The molecular formula is C13H15NO3. The molecule has 0 aromatic carbocycles. The fourth-order valence-electron chi connectivity index (χ4n) is 2.61. The van der Waals surface area contributed by atoms with Crippen LogP contribution < -0.4 is 0 Å². The minimum atomic E-state index is -0.200. The van der Waals surface area contributed by atoms with Gasteiger partial charge in [-0.3, -0.25) is 0 Å². The molecule has 0 radical (unpaired) electrons. The maximum Gasteiger partial charge on any atom is 0.202 e. The number of rotatable bonds is 3. The third kappa shape index (κ3) is 1.69. The first-order valence-corrected chi connectivity index (χ1v) is 5.96. The summed E-state index contributed by atoms with van der Waals surface area (Å²) in [6.07, 6.45) is 5.85. The van der Waals surface area contributed by atoms with Crippen LogP contribution in [0.25, 0.3) is 11.5 Å². The Morgan fingerprint density at radius 3 is 2.76 bits per heavy atom. The molecule has 2 aromatic rings. The van der Waals surface area contributed by atoms with E-state index in [-0.39, 0.29) is 12.0 Å². The average molecular weight is 233 g/mol. The summed E-state index contributed by atoms with van der Waals surface area (Å²) in [4.78, 5) is 0. The average Bonchev–Trinajstić information content (AvgIpc) is 3.10. The first kappa shape index (κ1) is 10.6. The van der Waals surface area contributed by atoms with Crippen LogP contribution in [0.15, 0.2) is 33.4 Å². The smallest absolute Gasteiger partial charge is 0.202 e. The van der Waals surface area contributed by atoms with E-state index in [0.717, 1.165) is 31.4 Å². The molecule has 4 heteroatoms. The van der Waals surface area contributed by atoms with Crippen molar-refractivity contribution < 1.29 is 14.0 Å². The SMILES string of the molecule is OCC1(c2cc(-c3ccco3)on2)CCCC1. The number of hydrogen-bond donors (Lipinski definition) is 1. The van der Waals surface area contributed by atoms with Crippen LogP contribution in [0.2, 0.25) is 0 Å². The molecule has 4 nitrogen and oxygen atoms in total. The lowest BCUT2D eigenvalue weighted by Crippen LogP contribution is -2.27. The molecule has 2 aromatic heterocycles. The number of hydrogen-bond acceptors (Lipinski definition) is 4. The normalized spacial score (nSPS) is 18.6. The molecule has 1 fully saturated rings. The molecule has 0 saturated heterocycles. The van der Waals surface area contributed by atoms with Crippen molar-refractivity contribution in [1.82, 2.24) is 5.16 Å². The molecule has 3 rings (SSSR count). The van der Waals surface area contributed by atoms with Gasteiger partial charge >= 0.3 is 0 Å². The molecule has 0 spiro atoms. The van der Waals surface area contributed by atoms with Gasteiger partial charge in [-0.1, -0.05) is 18.0 Å². The van der Waals surface area contributed by atoms with Gasteiger partial charge in [-0.2, -0.15) is 0 Å². The molecule has 1 N–H and O–H groups in total. The van der Waals surface area contributed by atoms with Crippen molar-refractivity contribution in [2.75, 3.05) is 6.61 Å². The highest BCUT2D eigenvalue weighted by Gasteiger charge is 2.38. The van der Waals surface area contributed by atoms with E-state index in [0.29, 0.717) is 11.5 Å². The van der Waals surface area contributed by atoms with Gasteiger partial charge in [0, 0.05) is 11.5 Å². The fraction of sp³-hybridized carbons (Fsp3) is 0.462. The van der Waals surface area contributed by atoms with Crippen molar-refractivity contribution in [3.8, 4) is 11.5 Å². The Morgan fingerprint density at radius 1 is 1.29 bits per heavy atom. The molecule has 90 valence electrons. The second-order valence-electron chi connectivity index (χ2n) is 4.70. The van der Waals surface area contributed by atoms with Gasteiger partial charge in [0.05, 0.1) is 18.6 Å². The Kier molecular flexibility index (Phi) is 2.52. The zero-order chi connectivity index (χ0) is 11.7. The van der Waals surface area contributed by atoms with Crippen molar-refractivity contribution in [1.29, 1.82) is 0 Å². The topological polar surface area (TPSA) is 59.4 Å². The molecule has 0 bridgehead atoms. The van der Waals surface area contributed by atoms with Crippen molar-refractivity contribution in [2.45, 2.75) is 31.1 Å². The van der Waals surface area contributed by atoms with Crippen LogP contribution >= 0.6 is 0 Å². The zero-order valence-corrected chi connectivity index (χ0v) is 9.56. The van der Waals surface area contributed by atoms with Crippen LogP contribution in [-0.4, -0.2) is 16.9 Å². The van der Waals surface area contributed by atoms with E-state index in [4.69, 9.17) is 8.94 Å². The minimum Gasteiger partial charge on any atom is -0.461 e. The van der Waals surface area contributed by atoms with E-state index in [2.05, 4.69) is 5.16 Å². The number of aliphatic hydroxyl groups is 1. The molecule has 1 saturated carbocycles. The van der Waals surface area contributed by atoms with Gasteiger partial charge in [-0.05, 0) is 25.0 Å². The van der Waals surface area contributed by atoms with Gasteiger partial charge in [0.15, 0.2) is 5.76 Å². The van der Waals surface area contributed by atoms with E-state index in [1.165, 1.54) is 0 Å². The van der Waals surface area contributed by atoms with Crippen molar-refractivity contribution in [2.24, 2.45) is 0 Å². The van der Waals surface area contributed by atoms with Crippen LogP contribution in [0.4, 0.5) is 0 Å². The predicted molar refractivity (Wildman–Crippen MR) is 61.4 cm³/mol. The molecule has 17 heavy (non-hydrogen) atoms. The molecule has 1 aliphatic carbocycles. The Morgan fingerprint density at radius 2 is 2.12 bits per heavy atom. The summed E-state index contributed by atoms with van der Waals surface area (Å²) in [6.45, 7) is 0.136. The van der Waals surface area contributed by atoms with Gasteiger partial charge in [0.2, 0.25) is 5.76 Å². The van der Waals surface area contributed by atoms with Gasteiger partial charge in [0.25, 0.3) is 0 Å². The lowest BCUT2D eigenvalue weighted by atomic mass is 9.83. The summed E-state index contributed by atoms with van der Waals surface area (Å²) in [5, 5.41) is 13.7. The first-order chi connectivity index (χ1) is 8.34. The fourth-order valence-corrected chi connectivity index (χ4v) is 2.61. The van der Waals surface area contributed by atoms with E-state index < -0.39 is 0 Å². The van der Waals surface area contributed by atoms with Crippen LogP contribution in [0.1, 0.15) is 31.4 Å². The minimum absolute atomic E-state index is 0.136. The van der Waals surface area contributed by atoms with Crippen molar-refractivity contribution >= 4 is 0 Å². The molecule has 1 aliphatic rings. The van der Waals surface area contributed by atoms with E-state index in [9.17, 15) is 5.11 Å². The van der Waals surface area contributed by atoms with Gasteiger partial charge < -0.3 is 14.0 Å². The molecule has 2 heterocycles. The number of aliphatic hydroxyl groups excluding tert-OH is 1. The molecule has 0 amide bonds. The Bertz CT molecular complexity index is 480. The summed E-state index contributed by atoms with van der Waals surface area (Å²) in [5.74, 6) is 1.31. The Hall–Kier alpha value is -1.55. The standard InChI is InChI=1S/C13H15NO3/c15-9-13(5-1-2-6-13)12-8-11(17-14-12)10-4-3-7-16-10/h3-4,7-8,15H,1-2,5-6,9H2. The summed E-state index contributed by atoms with van der Waals surface area (Å²) < 4.78 is 10.6. The molecule has 0 atom stereocenters. The van der Waals surface area contributed by atoms with Crippen LogP contribution in [0.3, 0.4) is 0 Å². The van der Waals surface area contributed by atoms with Gasteiger partial charge in [-0.25, -0.2) is 0 Å². The largest absolute Gasteiger partial charge is 0.461 e. The highest BCUT2D eigenvalue weighted by Crippen LogP contribution is 2.41. The predicted octanol–water partition coefficient (Wildman–Crippen LogP) is 2.74. The number of aromatic nitrogens is 1. The third-order valence-corrected chi connectivity index (χ3v) is 3.68. The monoisotopic (exact) mass is 233 g/mol. The Labute approximate surface area is 99.2 Å². The van der Waals surface area contributed by atoms with Crippen LogP contribution in [0, 0.1) is 0 Å². The lowest BCUT2D eigenvalue weighted by molar-refractivity contribution is 0.188. The van der Waals surface area contributed by atoms with E-state index >= 15 is 0 Å². The highest BCUT2D eigenvalue weighted by molar-refractivity contribution is 5.50. The summed E-state index contributed by atoms with van der Waals surface area (Å²) >= 11 is 0. The van der Waals surface area contributed by atoms with Gasteiger partial charge in [0.1, 0.15) is 0 Å². The lowest BCUT2D eigenvalue weighted by Gasteiger charge is -2.22. The zero-order valence-electron chi connectivity index (χ0n) is 9.56. The number of nitrogens with zero attached hydrogens (tertiary/aromatic N) is 1. The maximum atomic E-state index is 9.60. The first-order valence-electron chi connectivity index (χ1n) is 5.96. The van der Waals surface area contributed by atoms with Crippen molar-refractivity contribution in [3.63, 3.8) is 0 Å². The molecule has 0 unspecified atom stereocenters. The second-order valence-corrected chi connectivity index (χ2v) is 4.70. The summed E-state index contributed by atoms with van der Waals surface area (Å²) in [5.41, 5.74) is 0.651. The van der Waals surface area contributed by atoms with E-state index in [1.807, 2.05) is 18.2 Å². The maximum absolute atomic E-state index is 9.60. The quantitative estimate of drug-likeness (QED) is 0.885. The van der Waals surface area contributed by atoms with Crippen LogP contribution in [0.5, 0.6) is 0 Å². The summed E-state index contributed by atoms with van der Waals surface area (Å²) in [6, 6.07) is 5.54. The molecular weight excluding hydrogens is 218 g/mol. The Balaban J connectivity index is 1.94. The number of furan rings is 1. The highest BCUT2D eigenvalue weighted by atomic mass is 16.5. The van der Waals surface area contributed by atoms with Gasteiger partial charge in [-0.15, -0.1) is 0 Å². The second kappa shape index (κ2) is 4.04. The van der Waals surface area contributed by atoms with Crippen molar-refractivity contribution in [3.05, 3.63) is 30.2 Å².